The number of nitrogens with zero attached hydrogens (tertiary/aromatic N) is 2. The summed E-state index contributed by atoms with van der Waals surface area (Å²) in [4.78, 5) is 40.0. The number of anilines is 1. The Morgan fingerprint density at radius 1 is 1.00 bits per heavy atom. The minimum absolute atomic E-state index is 0.0326. The highest BCUT2D eigenvalue weighted by atomic mass is 16.5. The van der Waals surface area contributed by atoms with E-state index in [0.717, 1.165) is 0 Å². The molecule has 1 heterocycles. The van der Waals surface area contributed by atoms with Crippen LogP contribution < -0.4 is 10.6 Å². The molecule has 1 atom stereocenters. The van der Waals surface area contributed by atoms with E-state index in [1.54, 1.807) is 62.4 Å². The van der Waals surface area contributed by atoms with Crippen molar-refractivity contribution in [2.24, 2.45) is 5.73 Å². The van der Waals surface area contributed by atoms with Crippen molar-refractivity contribution < 1.29 is 28.6 Å². The van der Waals surface area contributed by atoms with Gasteiger partial charge in [0.15, 0.2) is 0 Å². The van der Waals surface area contributed by atoms with Crippen molar-refractivity contribution in [1.82, 2.24) is 0 Å². The largest absolute Gasteiger partial charge is 0.466 e. The summed E-state index contributed by atoms with van der Waals surface area (Å²) < 4.78 is 15.2. The molecule has 0 aliphatic carbocycles. The van der Waals surface area contributed by atoms with Gasteiger partial charge >= 0.3 is 17.9 Å². The summed E-state index contributed by atoms with van der Waals surface area (Å²) in [7, 11) is 2.35. The van der Waals surface area contributed by atoms with Gasteiger partial charge in [0.1, 0.15) is 11.5 Å². The van der Waals surface area contributed by atoms with Gasteiger partial charge in [-0.2, -0.15) is 5.26 Å². The number of hydrogen-bond donors (Lipinski definition) is 1. The molecule has 0 amide bonds. The normalized spacial score (nSPS) is 15.4. The number of nitrogens with two attached hydrogens (primary N) is 1. The van der Waals surface area contributed by atoms with Crippen LogP contribution in [-0.2, 0) is 23.8 Å². The molecule has 0 radical (unpaired) electrons. The van der Waals surface area contributed by atoms with Crippen molar-refractivity contribution >= 4 is 23.6 Å². The van der Waals surface area contributed by atoms with E-state index in [4.69, 9.17) is 19.9 Å². The monoisotopic (exact) mass is 475 g/mol. The molecule has 1 aliphatic heterocycles. The molecule has 0 spiro atoms. The molecule has 35 heavy (non-hydrogen) atoms. The Bertz CT molecular complexity index is 1270. The summed E-state index contributed by atoms with van der Waals surface area (Å²) in [6.45, 7) is 3.51. The average Bonchev–Trinajstić information content (AvgIpc) is 2.88. The van der Waals surface area contributed by atoms with Gasteiger partial charge in [-0.05, 0) is 37.1 Å². The minimum Gasteiger partial charge on any atom is -0.466 e. The van der Waals surface area contributed by atoms with Gasteiger partial charge in [0.2, 0.25) is 0 Å². The molecule has 2 aromatic carbocycles. The van der Waals surface area contributed by atoms with Gasteiger partial charge in [0.25, 0.3) is 0 Å². The molecule has 3 rings (SSSR count). The lowest BCUT2D eigenvalue weighted by molar-refractivity contribution is -0.139. The fraction of sp³-hybridized carbons (Fsp3) is 0.231. The highest BCUT2D eigenvalue weighted by Crippen LogP contribution is 2.44. The molecular formula is C26H25N3O6. The lowest BCUT2D eigenvalue weighted by Crippen LogP contribution is -2.41. The Balaban J connectivity index is 2.41. The van der Waals surface area contributed by atoms with Gasteiger partial charge in [-0.25, -0.2) is 14.4 Å². The van der Waals surface area contributed by atoms with Crippen LogP contribution in [0.2, 0.25) is 0 Å². The van der Waals surface area contributed by atoms with Gasteiger partial charge in [0.05, 0.1) is 55.2 Å². The van der Waals surface area contributed by atoms with E-state index in [-0.39, 0.29) is 34.8 Å². The van der Waals surface area contributed by atoms with Crippen molar-refractivity contribution in [3.05, 3.63) is 87.9 Å². The Morgan fingerprint density at radius 3 is 2.23 bits per heavy atom. The summed E-state index contributed by atoms with van der Waals surface area (Å²) in [5, 5.41) is 10.1. The first kappa shape index (κ1) is 25.1. The molecule has 0 aromatic heterocycles. The minimum atomic E-state index is -0.979. The predicted molar refractivity (Wildman–Crippen MR) is 127 cm³/mol. The first-order chi connectivity index (χ1) is 16.8. The van der Waals surface area contributed by atoms with Crippen LogP contribution in [0.15, 0.2) is 71.2 Å². The third-order valence-corrected chi connectivity index (χ3v) is 5.65. The topological polar surface area (TPSA) is 132 Å². The van der Waals surface area contributed by atoms with E-state index < -0.39 is 23.8 Å². The standard InChI is InChI=1S/C26H25N3O6/c1-5-35-24(30)17-12-9-13-19(15(17)2)29-22(26(32)34-4)21(25(31)33-3)20(18(14-27)23(29)28)16-10-7-6-8-11-16/h6-13,20H,5,28H2,1-4H3. The third kappa shape index (κ3) is 4.46. The number of carbonyl (C=O) groups is 3. The van der Waals surface area contributed by atoms with Gasteiger partial charge in [-0.1, -0.05) is 36.4 Å². The maximum atomic E-state index is 13.1. The smallest absolute Gasteiger partial charge is 0.355 e. The Labute approximate surface area is 203 Å². The second-order valence-corrected chi connectivity index (χ2v) is 7.51. The van der Waals surface area contributed by atoms with Crippen LogP contribution in [0.1, 0.15) is 34.3 Å². The summed E-state index contributed by atoms with van der Waals surface area (Å²) in [6.07, 6.45) is 0. The molecule has 0 saturated heterocycles. The maximum Gasteiger partial charge on any atom is 0.355 e. The average molecular weight is 476 g/mol. The molecular weight excluding hydrogens is 450 g/mol. The zero-order chi connectivity index (χ0) is 25.7. The van der Waals surface area contributed by atoms with Crippen LogP contribution in [0.4, 0.5) is 5.69 Å². The maximum absolute atomic E-state index is 13.1. The Kier molecular flexibility index (Phi) is 7.56. The molecule has 9 nitrogen and oxygen atoms in total. The molecule has 1 unspecified atom stereocenters. The number of esters is 3. The molecule has 180 valence electrons. The van der Waals surface area contributed by atoms with Crippen LogP contribution in [0.25, 0.3) is 0 Å². The molecule has 0 saturated carbocycles. The van der Waals surface area contributed by atoms with Gasteiger partial charge < -0.3 is 19.9 Å². The van der Waals surface area contributed by atoms with E-state index in [1.165, 1.54) is 19.1 Å². The fourth-order valence-corrected chi connectivity index (χ4v) is 4.06. The van der Waals surface area contributed by atoms with E-state index in [1.807, 2.05) is 0 Å². The second kappa shape index (κ2) is 10.6. The number of allylic oxidation sites excluding steroid dienone is 1. The third-order valence-electron chi connectivity index (χ3n) is 5.65. The van der Waals surface area contributed by atoms with Crippen LogP contribution >= 0.6 is 0 Å². The van der Waals surface area contributed by atoms with Crippen LogP contribution in [0.5, 0.6) is 0 Å². The van der Waals surface area contributed by atoms with Crippen molar-refractivity contribution in [2.75, 3.05) is 25.7 Å². The molecule has 2 N–H and O–H groups in total. The number of rotatable bonds is 6. The Morgan fingerprint density at radius 2 is 1.66 bits per heavy atom. The lowest BCUT2D eigenvalue weighted by atomic mass is 9.80. The lowest BCUT2D eigenvalue weighted by Gasteiger charge is -2.36. The van der Waals surface area contributed by atoms with Crippen molar-refractivity contribution in [2.45, 2.75) is 19.8 Å². The van der Waals surface area contributed by atoms with Crippen molar-refractivity contribution in [3.8, 4) is 6.07 Å². The number of carbonyl (C=O) groups excluding carboxylic acids is 3. The van der Waals surface area contributed by atoms with Crippen molar-refractivity contribution in [3.63, 3.8) is 0 Å². The van der Waals surface area contributed by atoms with Gasteiger partial charge in [-0.3, -0.25) is 4.90 Å². The Hall–Kier alpha value is -4.58. The second-order valence-electron chi connectivity index (χ2n) is 7.51. The number of methoxy groups -OCH3 is 2. The first-order valence-electron chi connectivity index (χ1n) is 10.7. The predicted octanol–water partition coefficient (Wildman–Crippen LogP) is 3.07. The summed E-state index contributed by atoms with van der Waals surface area (Å²) in [6, 6.07) is 15.6. The molecule has 9 heteroatoms. The van der Waals surface area contributed by atoms with Gasteiger partial charge in [-0.15, -0.1) is 0 Å². The highest BCUT2D eigenvalue weighted by Gasteiger charge is 2.43. The van der Waals surface area contributed by atoms with E-state index in [2.05, 4.69) is 6.07 Å². The zero-order valence-electron chi connectivity index (χ0n) is 19.8. The number of nitriles is 1. The fourth-order valence-electron chi connectivity index (χ4n) is 4.06. The summed E-state index contributed by atoms with van der Waals surface area (Å²) in [5.74, 6) is -3.33. The SMILES string of the molecule is CCOC(=O)c1cccc(N2C(N)=C(C#N)C(c3ccccc3)C(C(=O)OC)=C2C(=O)OC)c1C. The van der Waals surface area contributed by atoms with Crippen molar-refractivity contribution in [1.29, 1.82) is 5.26 Å². The molecule has 0 fully saturated rings. The van der Waals surface area contributed by atoms with Crippen LogP contribution in [0, 0.1) is 18.3 Å². The number of hydrogen-bond acceptors (Lipinski definition) is 9. The van der Waals surface area contributed by atoms with E-state index in [0.29, 0.717) is 16.8 Å². The van der Waals surface area contributed by atoms with E-state index in [9.17, 15) is 19.6 Å². The van der Waals surface area contributed by atoms with E-state index >= 15 is 0 Å². The summed E-state index contributed by atoms with van der Waals surface area (Å²) in [5.41, 5.74) is 7.74. The van der Waals surface area contributed by atoms with Crippen LogP contribution in [-0.4, -0.2) is 38.7 Å². The quantitative estimate of drug-likeness (QED) is 0.494. The highest BCUT2D eigenvalue weighted by molar-refractivity contribution is 6.07. The molecule has 0 bridgehead atoms. The van der Waals surface area contributed by atoms with Gasteiger partial charge in [0, 0.05) is 0 Å². The van der Waals surface area contributed by atoms with Crippen LogP contribution in [0.3, 0.4) is 0 Å². The summed E-state index contributed by atoms with van der Waals surface area (Å²) >= 11 is 0. The number of ether oxygens (including phenoxy) is 3. The number of benzene rings is 2. The molecule has 1 aliphatic rings. The zero-order valence-corrected chi connectivity index (χ0v) is 19.8. The first-order valence-corrected chi connectivity index (χ1v) is 10.7. The molecule has 2 aromatic rings.